The van der Waals surface area contributed by atoms with Crippen molar-refractivity contribution in [2.45, 2.75) is 32.0 Å². The number of hydrogen-bond acceptors (Lipinski definition) is 3. The molecule has 0 aliphatic carbocycles. The minimum Gasteiger partial charge on any atom is -0.377 e. The number of hydrogen-bond donors (Lipinski definition) is 2. The van der Waals surface area contributed by atoms with Gasteiger partial charge in [0, 0.05) is 6.61 Å². The summed E-state index contributed by atoms with van der Waals surface area (Å²) in [5.41, 5.74) is 0. The maximum atomic E-state index is 8.50. The van der Waals surface area contributed by atoms with Gasteiger partial charge in [0.2, 0.25) is 0 Å². The molecule has 0 aliphatic rings. The average Bonchev–Trinajstić information content (AvgIpc) is 2.02. The number of unbranched alkanes of at least 4 members (excludes halogenated alkanes) is 2. The third-order valence-corrected chi connectivity index (χ3v) is 1.49. The van der Waals surface area contributed by atoms with Crippen LogP contribution < -0.4 is 0 Å². The van der Waals surface area contributed by atoms with Crippen LogP contribution in [-0.4, -0.2) is 29.7 Å². The van der Waals surface area contributed by atoms with Crippen molar-refractivity contribution in [2.24, 2.45) is 0 Å². The number of aliphatic hydroxyl groups excluding tert-OH is 1. The number of rotatable bonds is 8. The molecule has 0 heterocycles. The van der Waals surface area contributed by atoms with Crippen molar-refractivity contribution in [1.82, 2.24) is 0 Å². The van der Waals surface area contributed by atoms with Crippen LogP contribution >= 0.6 is 0 Å². The Morgan fingerprint density at radius 3 is 2.58 bits per heavy atom. The third kappa shape index (κ3) is 9.62. The predicted octanol–water partition coefficient (Wildman–Crippen LogP) is 1.06. The lowest BCUT2D eigenvalue weighted by Gasteiger charge is -2.03. The van der Waals surface area contributed by atoms with Gasteiger partial charge in [0.25, 0.3) is 0 Å². The van der Waals surface area contributed by atoms with Crippen molar-refractivity contribution in [1.29, 1.82) is 0 Å². The van der Waals surface area contributed by atoms with Gasteiger partial charge in [-0.15, -0.1) is 6.58 Å². The van der Waals surface area contributed by atoms with Crippen LogP contribution in [0.4, 0.5) is 0 Å². The van der Waals surface area contributed by atoms with E-state index in [0.717, 1.165) is 25.9 Å². The quantitative estimate of drug-likeness (QED) is 0.328. The van der Waals surface area contributed by atoms with Crippen LogP contribution in [0, 0.1) is 0 Å². The van der Waals surface area contributed by atoms with Crippen molar-refractivity contribution < 1.29 is 14.9 Å². The molecule has 0 atom stereocenters. The Hall–Kier alpha value is -0.380. The second-order valence-electron chi connectivity index (χ2n) is 2.69. The first-order valence-corrected chi connectivity index (χ1v) is 4.32. The Bertz CT molecular complexity index is 102. The van der Waals surface area contributed by atoms with Crippen LogP contribution in [0.3, 0.4) is 0 Å². The Morgan fingerprint density at radius 1 is 1.25 bits per heavy atom. The zero-order valence-corrected chi connectivity index (χ0v) is 7.41. The maximum Gasteiger partial charge on any atom is 0.151 e. The van der Waals surface area contributed by atoms with Crippen LogP contribution in [0.15, 0.2) is 12.7 Å². The summed E-state index contributed by atoms with van der Waals surface area (Å²) in [6.45, 7) is 4.86. The van der Waals surface area contributed by atoms with Crippen molar-refractivity contribution in [3.8, 4) is 0 Å². The molecular weight excluding hydrogens is 156 g/mol. The third-order valence-electron chi connectivity index (χ3n) is 1.49. The molecular formula is C9H18O3. The minimum atomic E-state index is -1.15. The SMILES string of the molecule is C=CCOCCCCCC(O)O. The van der Waals surface area contributed by atoms with Gasteiger partial charge in [0.15, 0.2) is 6.29 Å². The van der Waals surface area contributed by atoms with Crippen LogP contribution in [0.1, 0.15) is 25.7 Å². The fourth-order valence-electron chi connectivity index (χ4n) is 0.874. The van der Waals surface area contributed by atoms with Crippen molar-refractivity contribution in [2.75, 3.05) is 13.2 Å². The number of ether oxygens (including phenoxy) is 1. The van der Waals surface area contributed by atoms with E-state index in [4.69, 9.17) is 14.9 Å². The molecule has 3 heteroatoms. The summed E-state index contributed by atoms with van der Waals surface area (Å²) in [5.74, 6) is 0. The van der Waals surface area contributed by atoms with Gasteiger partial charge in [-0.3, -0.25) is 0 Å². The molecule has 3 nitrogen and oxygen atoms in total. The molecule has 0 radical (unpaired) electrons. The second kappa shape index (κ2) is 8.71. The van der Waals surface area contributed by atoms with E-state index in [2.05, 4.69) is 6.58 Å². The van der Waals surface area contributed by atoms with E-state index >= 15 is 0 Å². The molecule has 0 saturated carbocycles. The molecule has 0 rings (SSSR count). The summed E-state index contributed by atoms with van der Waals surface area (Å²) in [6, 6.07) is 0. The van der Waals surface area contributed by atoms with Gasteiger partial charge in [0.05, 0.1) is 6.61 Å². The molecule has 12 heavy (non-hydrogen) atoms. The smallest absolute Gasteiger partial charge is 0.151 e. The van der Waals surface area contributed by atoms with E-state index in [9.17, 15) is 0 Å². The van der Waals surface area contributed by atoms with Gasteiger partial charge in [-0.1, -0.05) is 12.5 Å². The first-order valence-electron chi connectivity index (χ1n) is 4.32. The summed E-state index contributed by atoms with van der Waals surface area (Å²) >= 11 is 0. The van der Waals surface area contributed by atoms with E-state index in [1.165, 1.54) is 0 Å². The zero-order chi connectivity index (χ0) is 9.23. The molecule has 0 unspecified atom stereocenters. The Morgan fingerprint density at radius 2 is 2.00 bits per heavy atom. The van der Waals surface area contributed by atoms with Crippen LogP contribution in [0.5, 0.6) is 0 Å². The van der Waals surface area contributed by atoms with Gasteiger partial charge in [-0.2, -0.15) is 0 Å². The van der Waals surface area contributed by atoms with E-state index in [0.29, 0.717) is 13.0 Å². The highest BCUT2D eigenvalue weighted by atomic mass is 16.5. The molecule has 0 fully saturated rings. The molecule has 0 spiro atoms. The lowest BCUT2D eigenvalue weighted by atomic mass is 10.2. The molecule has 72 valence electrons. The Labute approximate surface area is 73.7 Å². The Kier molecular flexibility index (Phi) is 8.44. The van der Waals surface area contributed by atoms with Gasteiger partial charge < -0.3 is 14.9 Å². The largest absolute Gasteiger partial charge is 0.377 e. The molecule has 0 bridgehead atoms. The van der Waals surface area contributed by atoms with Crippen LogP contribution in [0.25, 0.3) is 0 Å². The second-order valence-corrected chi connectivity index (χ2v) is 2.69. The summed E-state index contributed by atoms with van der Waals surface area (Å²) in [7, 11) is 0. The predicted molar refractivity (Wildman–Crippen MR) is 47.7 cm³/mol. The zero-order valence-electron chi connectivity index (χ0n) is 7.41. The van der Waals surface area contributed by atoms with Gasteiger partial charge >= 0.3 is 0 Å². The fraction of sp³-hybridized carbons (Fsp3) is 0.778. The highest BCUT2D eigenvalue weighted by Crippen LogP contribution is 2.01. The molecule has 0 aliphatic heterocycles. The average molecular weight is 174 g/mol. The fourth-order valence-corrected chi connectivity index (χ4v) is 0.874. The van der Waals surface area contributed by atoms with Crippen LogP contribution in [0.2, 0.25) is 0 Å². The molecule has 0 aromatic carbocycles. The standard InChI is InChI=1S/C9H18O3/c1-2-7-12-8-5-3-4-6-9(10)11/h2,9-11H,1,3-8H2. The summed E-state index contributed by atoms with van der Waals surface area (Å²) in [6.07, 6.45) is 3.82. The maximum absolute atomic E-state index is 8.50. The topological polar surface area (TPSA) is 49.7 Å². The number of aliphatic hydroxyl groups is 2. The van der Waals surface area contributed by atoms with Crippen molar-refractivity contribution >= 4 is 0 Å². The first kappa shape index (κ1) is 11.6. The highest BCUT2D eigenvalue weighted by molar-refractivity contribution is 4.63. The lowest BCUT2D eigenvalue weighted by molar-refractivity contribution is -0.0468. The highest BCUT2D eigenvalue weighted by Gasteiger charge is 1.96. The van der Waals surface area contributed by atoms with Crippen LogP contribution in [-0.2, 0) is 4.74 Å². The van der Waals surface area contributed by atoms with E-state index < -0.39 is 6.29 Å². The Balaban J connectivity index is 2.86. The first-order chi connectivity index (χ1) is 5.77. The van der Waals surface area contributed by atoms with E-state index in [1.807, 2.05) is 0 Å². The van der Waals surface area contributed by atoms with Crippen molar-refractivity contribution in [3.63, 3.8) is 0 Å². The van der Waals surface area contributed by atoms with Crippen molar-refractivity contribution in [3.05, 3.63) is 12.7 Å². The molecule has 0 saturated heterocycles. The van der Waals surface area contributed by atoms with Gasteiger partial charge in [0.1, 0.15) is 0 Å². The van der Waals surface area contributed by atoms with E-state index in [-0.39, 0.29) is 0 Å². The summed E-state index contributed by atoms with van der Waals surface area (Å²) < 4.78 is 5.15. The van der Waals surface area contributed by atoms with E-state index in [1.54, 1.807) is 6.08 Å². The normalized spacial score (nSPS) is 10.6. The molecule has 0 amide bonds. The minimum absolute atomic E-state index is 0.460. The van der Waals surface area contributed by atoms with Gasteiger partial charge in [-0.25, -0.2) is 0 Å². The summed E-state index contributed by atoms with van der Waals surface area (Å²) in [4.78, 5) is 0. The molecule has 2 N–H and O–H groups in total. The van der Waals surface area contributed by atoms with Gasteiger partial charge in [-0.05, 0) is 19.3 Å². The summed E-state index contributed by atoms with van der Waals surface area (Å²) in [5, 5.41) is 17.0. The lowest BCUT2D eigenvalue weighted by Crippen LogP contribution is -2.03. The molecule has 0 aromatic heterocycles. The molecule has 0 aromatic rings. The monoisotopic (exact) mass is 174 g/mol.